The van der Waals surface area contributed by atoms with Gasteiger partial charge in [0.15, 0.2) is 0 Å². The monoisotopic (exact) mass is 325 g/mol. The van der Waals surface area contributed by atoms with E-state index < -0.39 is 5.60 Å². The van der Waals surface area contributed by atoms with Crippen molar-refractivity contribution >= 4 is 11.7 Å². The van der Waals surface area contributed by atoms with Crippen LogP contribution in [0.5, 0.6) is 0 Å². The van der Waals surface area contributed by atoms with Crippen molar-refractivity contribution in [1.29, 1.82) is 5.26 Å². The summed E-state index contributed by atoms with van der Waals surface area (Å²) in [5, 5.41) is 9.07. The Balaban J connectivity index is 1.87. The second-order valence-electron chi connectivity index (χ2n) is 7.51. The van der Waals surface area contributed by atoms with E-state index in [0.29, 0.717) is 5.56 Å². The van der Waals surface area contributed by atoms with Crippen molar-refractivity contribution in [2.24, 2.45) is 0 Å². The number of aromatic nitrogens is 1. The first kappa shape index (κ1) is 16.5. The summed E-state index contributed by atoms with van der Waals surface area (Å²) < 4.78 is 5.59. The molecule has 3 rings (SSSR count). The molecule has 1 fully saturated rings. The van der Waals surface area contributed by atoms with E-state index >= 15 is 0 Å². The molecular formula is C19H23N3O2. The minimum atomic E-state index is -0.486. The van der Waals surface area contributed by atoms with E-state index in [2.05, 4.69) is 17.1 Å². The number of hydrogen-bond donors (Lipinski definition) is 0. The van der Waals surface area contributed by atoms with Crippen LogP contribution in [0.3, 0.4) is 0 Å². The van der Waals surface area contributed by atoms with Crippen LogP contribution in [0.1, 0.15) is 57.6 Å². The molecule has 0 N–H and O–H groups in total. The predicted octanol–water partition coefficient (Wildman–Crippen LogP) is 3.90. The van der Waals surface area contributed by atoms with E-state index in [0.717, 1.165) is 31.2 Å². The lowest BCUT2D eigenvalue weighted by Gasteiger charge is -2.45. The Hall–Kier alpha value is -2.35. The van der Waals surface area contributed by atoms with Crippen molar-refractivity contribution in [3.8, 4) is 6.07 Å². The second-order valence-corrected chi connectivity index (χ2v) is 7.51. The van der Waals surface area contributed by atoms with Crippen LogP contribution in [0, 0.1) is 11.3 Å². The fourth-order valence-corrected chi connectivity index (χ4v) is 3.52. The molecule has 5 heteroatoms. The van der Waals surface area contributed by atoms with Gasteiger partial charge in [-0.15, -0.1) is 0 Å². The lowest BCUT2D eigenvalue weighted by Crippen LogP contribution is -2.53. The van der Waals surface area contributed by atoms with Crippen LogP contribution in [0.15, 0.2) is 24.5 Å². The van der Waals surface area contributed by atoms with Crippen molar-refractivity contribution < 1.29 is 9.53 Å². The third kappa shape index (κ3) is 3.43. The number of pyridine rings is 1. The molecule has 0 aliphatic carbocycles. The first-order chi connectivity index (χ1) is 11.4. The highest BCUT2D eigenvalue weighted by Gasteiger charge is 2.39. The van der Waals surface area contributed by atoms with Gasteiger partial charge in [0, 0.05) is 18.4 Å². The zero-order chi connectivity index (χ0) is 17.3. The third-order valence-corrected chi connectivity index (χ3v) is 4.48. The molecule has 2 atom stereocenters. The maximum Gasteiger partial charge on any atom is 0.411 e. The topological polar surface area (TPSA) is 66.2 Å². The van der Waals surface area contributed by atoms with Gasteiger partial charge in [-0.2, -0.15) is 5.26 Å². The summed E-state index contributed by atoms with van der Waals surface area (Å²) in [5.41, 5.74) is 2.23. The number of piperidine rings is 1. The summed E-state index contributed by atoms with van der Waals surface area (Å²) in [7, 11) is 0. The maximum absolute atomic E-state index is 12.6. The van der Waals surface area contributed by atoms with Crippen molar-refractivity contribution in [2.45, 2.75) is 64.1 Å². The summed E-state index contributed by atoms with van der Waals surface area (Å²) in [5.74, 6) is 0. The van der Waals surface area contributed by atoms with E-state index in [4.69, 9.17) is 10.00 Å². The predicted molar refractivity (Wildman–Crippen MR) is 91.0 cm³/mol. The molecule has 2 aliphatic rings. The Morgan fingerprint density at radius 2 is 2.17 bits per heavy atom. The van der Waals surface area contributed by atoms with Crippen molar-refractivity contribution in [2.75, 3.05) is 0 Å². The molecule has 126 valence electrons. The molecule has 2 unspecified atom stereocenters. The highest BCUT2D eigenvalue weighted by Crippen LogP contribution is 2.37. The SMILES string of the molecule is CC(C)(C)OC(=O)N1C2C=C(c3cncc(C#N)c3)CC1CCC2. The highest BCUT2D eigenvalue weighted by molar-refractivity contribution is 5.74. The molecule has 1 saturated heterocycles. The molecule has 0 saturated carbocycles. The van der Waals surface area contributed by atoms with Gasteiger partial charge < -0.3 is 4.74 Å². The van der Waals surface area contributed by atoms with Crippen LogP contribution in [0.4, 0.5) is 4.79 Å². The molecule has 2 aliphatic heterocycles. The highest BCUT2D eigenvalue weighted by atomic mass is 16.6. The normalized spacial score (nSPS) is 23.2. The molecule has 5 nitrogen and oxygen atoms in total. The number of carbonyl (C=O) groups is 1. The standard InChI is InChI=1S/C19H23N3O2/c1-19(2,3)24-18(23)22-16-5-4-6-17(22)9-14(8-16)15-7-13(10-20)11-21-12-15/h7-8,11-12,16-17H,4-6,9H2,1-3H3. The van der Waals surface area contributed by atoms with Crippen LogP contribution in [0.2, 0.25) is 0 Å². The first-order valence-electron chi connectivity index (χ1n) is 8.45. The van der Waals surface area contributed by atoms with Crippen LogP contribution < -0.4 is 0 Å². The van der Waals surface area contributed by atoms with Crippen LogP contribution in [0.25, 0.3) is 5.57 Å². The summed E-state index contributed by atoms with van der Waals surface area (Å²) >= 11 is 0. The fraction of sp³-hybridized carbons (Fsp3) is 0.526. The number of ether oxygens (including phenoxy) is 1. The smallest absolute Gasteiger partial charge is 0.411 e. The summed E-state index contributed by atoms with van der Waals surface area (Å²) in [6.07, 6.45) is 9.13. The van der Waals surface area contributed by atoms with Crippen molar-refractivity contribution in [3.05, 3.63) is 35.7 Å². The Morgan fingerprint density at radius 3 is 2.83 bits per heavy atom. The molecule has 24 heavy (non-hydrogen) atoms. The van der Waals surface area contributed by atoms with Gasteiger partial charge in [-0.3, -0.25) is 9.88 Å². The molecule has 0 radical (unpaired) electrons. The van der Waals surface area contributed by atoms with E-state index in [9.17, 15) is 4.79 Å². The third-order valence-electron chi connectivity index (χ3n) is 4.48. The number of rotatable bonds is 1. The number of fused-ring (bicyclic) bond motifs is 2. The lowest BCUT2D eigenvalue weighted by atomic mass is 9.83. The molecular weight excluding hydrogens is 302 g/mol. The van der Waals surface area contributed by atoms with Gasteiger partial charge in [0.05, 0.1) is 11.6 Å². The molecule has 0 aromatic carbocycles. The van der Waals surface area contributed by atoms with Crippen LogP contribution in [-0.4, -0.2) is 33.7 Å². The quantitative estimate of drug-likeness (QED) is 0.785. The minimum Gasteiger partial charge on any atom is -0.444 e. The van der Waals surface area contributed by atoms with Crippen molar-refractivity contribution in [1.82, 2.24) is 9.88 Å². The summed E-state index contributed by atoms with van der Waals surface area (Å²) in [4.78, 5) is 18.7. The average Bonchev–Trinajstić information content (AvgIpc) is 2.52. The Kier molecular flexibility index (Phi) is 4.31. The van der Waals surface area contributed by atoms with Gasteiger partial charge >= 0.3 is 6.09 Å². The number of nitrogens with zero attached hydrogens (tertiary/aromatic N) is 3. The molecule has 1 aromatic rings. The first-order valence-corrected chi connectivity index (χ1v) is 8.45. The zero-order valence-corrected chi connectivity index (χ0v) is 14.5. The van der Waals surface area contributed by atoms with E-state index in [1.807, 2.05) is 31.7 Å². The minimum absolute atomic E-state index is 0.0630. The summed E-state index contributed by atoms with van der Waals surface area (Å²) in [6.45, 7) is 5.68. The molecule has 2 bridgehead atoms. The largest absolute Gasteiger partial charge is 0.444 e. The molecule has 3 heterocycles. The van der Waals surface area contributed by atoms with Gasteiger partial charge in [0.25, 0.3) is 0 Å². The van der Waals surface area contributed by atoms with Crippen LogP contribution in [-0.2, 0) is 4.74 Å². The molecule has 1 amide bonds. The number of nitriles is 1. The van der Waals surface area contributed by atoms with E-state index in [1.165, 1.54) is 5.57 Å². The lowest BCUT2D eigenvalue weighted by molar-refractivity contribution is 0.0000848. The molecule has 0 spiro atoms. The maximum atomic E-state index is 12.6. The second kappa shape index (κ2) is 6.27. The number of hydrogen-bond acceptors (Lipinski definition) is 4. The Bertz CT molecular complexity index is 712. The van der Waals surface area contributed by atoms with Gasteiger partial charge in [0.2, 0.25) is 0 Å². The number of carbonyl (C=O) groups excluding carboxylic acids is 1. The fourth-order valence-electron chi connectivity index (χ4n) is 3.52. The Labute approximate surface area is 142 Å². The van der Waals surface area contributed by atoms with Gasteiger partial charge in [-0.1, -0.05) is 6.08 Å². The van der Waals surface area contributed by atoms with Gasteiger partial charge in [-0.05, 0) is 63.7 Å². The average molecular weight is 325 g/mol. The van der Waals surface area contributed by atoms with E-state index in [-0.39, 0.29) is 18.2 Å². The zero-order valence-electron chi connectivity index (χ0n) is 14.5. The van der Waals surface area contributed by atoms with E-state index in [1.54, 1.807) is 12.4 Å². The van der Waals surface area contributed by atoms with Gasteiger partial charge in [-0.25, -0.2) is 4.79 Å². The van der Waals surface area contributed by atoms with Crippen LogP contribution >= 0.6 is 0 Å². The Morgan fingerprint density at radius 1 is 1.38 bits per heavy atom. The van der Waals surface area contributed by atoms with Gasteiger partial charge in [0.1, 0.15) is 11.7 Å². The van der Waals surface area contributed by atoms with Crippen molar-refractivity contribution in [3.63, 3.8) is 0 Å². The molecule has 1 aromatic heterocycles. The summed E-state index contributed by atoms with van der Waals surface area (Å²) in [6, 6.07) is 4.23. The number of amides is 1.